The number of hydrogen-bond acceptors (Lipinski definition) is 4. The highest BCUT2D eigenvalue weighted by Gasteiger charge is 2.09. The van der Waals surface area contributed by atoms with Crippen LogP contribution in [0.4, 0.5) is 0 Å². The smallest absolute Gasteiger partial charge is 0.220 e. The number of benzene rings is 1. The minimum atomic E-state index is -0.173. The first-order chi connectivity index (χ1) is 24.5. The molecular weight excluding hydrogens is 620 g/mol. The highest BCUT2D eigenvalue weighted by atomic mass is 16.3. The first kappa shape index (κ1) is 46.1. The number of nitrogens with one attached hydrogen (secondary N) is 2. The van der Waals surface area contributed by atoms with Crippen LogP contribution >= 0.6 is 0 Å². The second-order valence-corrected chi connectivity index (χ2v) is 15.1. The van der Waals surface area contributed by atoms with Crippen LogP contribution in [0.5, 0.6) is 0 Å². The SMILES string of the molecule is CCCCCCCCCCC(O)CCCCCCC(=O)NCc1ccccc1CNC(=O)CCCCCCC(O)CCCCCCCCCC. The van der Waals surface area contributed by atoms with E-state index in [0.29, 0.717) is 25.9 Å². The fraction of sp³-hybridized carbons (Fsp3) is 0.818. The molecule has 2 atom stereocenters. The minimum absolute atomic E-state index is 0.0688. The van der Waals surface area contributed by atoms with Crippen LogP contribution in [0.25, 0.3) is 0 Å². The van der Waals surface area contributed by atoms with Gasteiger partial charge in [-0.1, -0.05) is 179 Å². The van der Waals surface area contributed by atoms with Gasteiger partial charge in [0.25, 0.3) is 0 Å². The molecule has 6 nitrogen and oxygen atoms in total. The Hall–Kier alpha value is -1.92. The number of aliphatic hydroxyl groups excluding tert-OH is 2. The lowest BCUT2D eigenvalue weighted by Gasteiger charge is -2.12. The number of carbonyl (C=O) groups is 2. The molecule has 1 aromatic carbocycles. The number of rotatable bonds is 36. The zero-order valence-electron chi connectivity index (χ0n) is 32.8. The molecule has 0 saturated heterocycles. The Morgan fingerprint density at radius 3 is 1.06 bits per heavy atom. The van der Waals surface area contributed by atoms with Gasteiger partial charge in [-0.2, -0.15) is 0 Å². The third kappa shape index (κ3) is 28.7. The molecule has 0 aliphatic rings. The molecule has 0 radical (unpaired) electrons. The third-order valence-electron chi connectivity index (χ3n) is 10.2. The molecule has 0 bridgehead atoms. The number of hydrogen-bond donors (Lipinski definition) is 4. The van der Waals surface area contributed by atoms with Gasteiger partial charge in [0, 0.05) is 25.9 Å². The standard InChI is InChI=1S/C44H80N2O4/c1-3-5-7-9-11-13-15-21-31-41(47)33-23-17-19-25-35-43(49)45-37-39-29-27-28-30-40(39)38-46-44(50)36-26-20-18-24-34-42(48)32-22-16-14-12-10-8-6-4-2/h27-30,41-42,47-48H,3-26,31-38H2,1-2H3,(H,45,49)(H,46,50). The van der Waals surface area contributed by atoms with Crippen LogP contribution in [-0.4, -0.2) is 34.2 Å². The van der Waals surface area contributed by atoms with Crippen LogP contribution in [0.2, 0.25) is 0 Å². The maximum absolute atomic E-state index is 12.5. The van der Waals surface area contributed by atoms with Crippen molar-refractivity contribution in [3.05, 3.63) is 35.4 Å². The van der Waals surface area contributed by atoms with Gasteiger partial charge in [-0.25, -0.2) is 0 Å². The molecule has 0 fully saturated rings. The summed E-state index contributed by atoms with van der Waals surface area (Å²) in [6.07, 6.45) is 33.0. The Morgan fingerprint density at radius 2 is 0.740 bits per heavy atom. The topological polar surface area (TPSA) is 98.7 Å². The summed E-state index contributed by atoms with van der Waals surface area (Å²) in [6, 6.07) is 7.98. The fourth-order valence-corrected chi connectivity index (χ4v) is 6.82. The summed E-state index contributed by atoms with van der Waals surface area (Å²) in [5.74, 6) is 0.138. The number of amides is 2. The number of aliphatic hydroxyl groups is 2. The van der Waals surface area contributed by atoms with E-state index in [1.807, 2.05) is 24.3 Å². The molecule has 2 amide bonds. The summed E-state index contributed by atoms with van der Waals surface area (Å²) in [4.78, 5) is 25.0. The van der Waals surface area contributed by atoms with E-state index in [1.165, 1.54) is 89.9 Å². The molecule has 2 unspecified atom stereocenters. The fourth-order valence-electron chi connectivity index (χ4n) is 6.82. The molecule has 1 aromatic rings. The van der Waals surface area contributed by atoms with E-state index in [4.69, 9.17) is 0 Å². The average molecular weight is 701 g/mol. The van der Waals surface area contributed by atoms with E-state index in [2.05, 4.69) is 24.5 Å². The second-order valence-electron chi connectivity index (χ2n) is 15.1. The van der Waals surface area contributed by atoms with Crippen molar-refractivity contribution in [1.29, 1.82) is 0 Å². The lowest BCUT2D eigenvalue weighted by atomic mass is 10.0. The van der Waals surface area contributed by atoms with Gasteiger partial charge < -0.3 is 20.8 Å². The number of unbranched alkanes of at least 4 members (excludes halogenated alkanes) is 20. The Labute approximate surface area is 308 Å². The lowest BCUT2D eigenvalue weighted by Crippen LogP contribution is -2.25. The molecule has 0 aromatic heterocycles. The van der Waals surface area contributed by atoms with E-state index in [0.717, 1.165) is 101 Å². The molecule has 6 heteroatoms. The second kappa shape index (κ2) is 34.2. The van der Waals surface area contributed by atoms with Gasteiger partial charge in [0.05, 0.1) is 12.2 Å². The third-order valence-corrected chi connectivity index (χ3v) is 10.2. The first-order valence-electron chi connectivity index (χ1n) is 21.4. The maximum Gasteiger partial charge on any atom is 0.220 e. The molecular formula is C44H80N2O4. The van der Waals surface area contributed by atoms with Crippen LogP contribution in [0.15, 0.2) is 24.3 Å². The van der Waals surface area contributed by atoms with E-state index >= 15 is 0 Å². The summed E-state index contributed by atoms with van der Waals surface area (Å²) in [6.45, 7) is 5.45. The van der Waals surface area contributed by atoms with Crippen molar-refractivity contribution in [2.75, 3.05) is 0 Å². The minimum Gasteiger partial charge on any atom is -0.393 e. The molecule has 0 saturated carbocycles. The zero-order valence-corrected chi connectivity index (χ0v) is 32.8. The van der Waals surface area contributed by atoms with E-state index < -0.39 is 0 Å². The Kier molecular flexibility index (Phi) is 31.5. The average Bonchev–Trinajstić information content (AvgIpc) is 3.12. The van der Waals surface area contributed by atoms with Crippen LogP contribution in [-0.2, 0) is 22.7 Å². The maximum atomic E-state index is 12.5. The predicted molar refractivity (Wildman–Crippen MR) is 212 cm³/mol. The molecule has 50 heavy (non-hydrogen) atoms. The normalized spacial score (nSPS) is 12.6. The molecule has 0 aliphatic heterocycles. The van der Waals surface area contributed by atoms with Crippen LogP contribution in [0, 0.1) is 0 Å². The summed E-state index contributed by atoms with van der Waals surface area (Å²) >= 11 is 0. The van der Waals surface area contributed by atoms with Crippen LogP contribution in [0.3, 0.4) is 0 Å². The highest BCUT2D eigenvalue weighted by Crippen LogP contribution is 2.16. The van der Waals surface area contributed by atoms with Crippen molar-refractivity contribution in [2.45, 2.75) is 232 Å². The molecule has 0 heterocycles. The van der Waals surface area contributed by atoms with Crippen LogP contribution < -0.4 is 10.6 Å². The molecule has 4 N–H and O–H groups in total. The Bertz CT molecular complexity index is 850. The van der Waals surface area contributed by atoms with Gasteiger partial charge >= 0.3 is 0 Å². The Morgan fingerprint density at radius 1 is 0.460 bits per heavy atom. The van der Waals surface area contributed by atoms with E-state index in [1.54, 1.807) is 0 Å². The molecule has 0 aliphatic carbocycles. The van der Waals surface area contributed by atoms with E-state index in [9.17, 15) is 19.8 Å². The van der Waals surface area contributed by atoms with Gasteiger partial charge in [0.1, 0.15) is 0 Å². The first-order valence-corrected chi connectivity index (χ1v) is 21.4. The summed E-state index contributed by atoms with van der Waals surface area (Å²) in [5.41, 5.74) is 2.08. The van der Waals surface area contributed by atoms with Crippen molar-refractivity contribution in [1.82, 2.24) is 10.6 Å². The predicted octanol–water partition coefficient (Wildman–Crippen LogP) is 11.4. The molecule has 0 spiro atoms. The van der Waals surface area contributed by atoms with Gasteiger partial charge in [0.2, 0.25) is 11.8 Å². The Balaban J connectivity index is 2.05. The van der Waals surface area contributed by atoms with Crippen molar-refractivity contribution < 1.29 is 19.8 Å². The zero-order chi connectivity index (χ0) is 36.3. The van der Waals surface area contributed by atoms with Crippen molar-refractivity contribution >= 4 is 11.8 Å². The van der Waals surface area contributed by atoms with Crippen molar-refractivity contribution in [3.63, 3.8) is 0 Å². The van der Waals surface area contributed by atoms with Gasteiger partial charge in [0.15, 0.2) is 0 Å². The quantitative estimate of drug-likeness (QED) is 0.0524. The van der Waals surface area contributed by atoms with E-state index in [-0.39, 0.29) is 24.0 Å². The largest absolute Gasteiger partial charge is 0.393 e. The summed E-state index contributed by atoms with van der Waals surface area (Å²) in [5, 5.41) is 26.7. The number of carbonyl (C=O) groups excluding carboxylic acids is 2. The van der Waals surface area contributed by atoms with Crippen molar-refractivity contribution in [2.24, 2.45) is 0 Å². The summed E-state index contributed by atoms with van der Waals surface area (Å²) < 4.78 is 0. The van der Waals surface area contributed by atoms with Gasteiger partial charge in [-0.3, -0.25) is 9.59 Å². The highest BCUT2D eigenvalue weighted by molar-refractivity contribution is 5.76. The van der Waals surface area contributed by atoms with Gasteiger partial charge in [-0.15, -0.1) is 0 Å². The molecule has 290 valence electrons. The van der Waals surface area contributed by atoms with Crippen LogP contribution in [0.1, 0.15) is 218 Å². The monoisotopic (exact) mass is 701 g/mol. The summed E-state index contributed by atoms with van der Waals surface area (Å²) in [7, 11) is 0. The van der Waals surface area contributed by atoms with Gasteiger partial charge in [-0.05, 0) is 49.7 Å². The molecule has 1 rings (SSSR count). The lowest BCUT2D eigenvalue weighted by molar-refractivity contribution is -0.122. The van der Waals surface area contributed by atoms with Crippen molar-refractivity contribution in [3.8, 4) is 0 Å².